The van der Waals surface area contributed by atoms with E-state index in [2.05, 4.69) is 34.2 Å². The van der Waals surface area contributed by atoms with Crippen LogP contribution in [0.2, 0.25) is 0 Å². The second kappa shape index (κ2) is 3.95. The third-order valence-corrected chi connectivity index (χ3v) is 3.64. The molecule has 0 unspecified atom stereocenters. The Balaban J connectivity index is 1.65. The van der Waals surface area contributed by atoms with E-state index in [1.165, 1.54) is 5.69 Å². The lowest BCUT2D eigenvalue weighted by Gasteiger charge is -2.39. The lowest BCUT2D eigenvalue weighted by Crippen LogP contribution is -2.47. The highest BCUT2D eigenvalue weighted by Gasteiger charge is 2.40. The quantitative estimate of drug-likeness (QED) is 0.794. The van der Waals surface area contributed by atoms with Crippen molar-refractivity contribution in [3.8, 4) is 0 Å². The van der Waals surface area contributed by atoms with Crippen LogP contribution in [0.5, 0.6) is 0 Å². The highest BCUT2D eigenvalue weighted by Crippen LogP contribution is 2.31. The molecule has 1 saturated heterocycles. The molecular weight excluding hydrogens is 214 g/mol. The molecule has 2 aliphatic rings. The number of piperidine rings is 1. The zero-order valence-corrected chi connectivity index (χ0v) is 9.80. The number of anilines is 1. The van der Waals surface area contributed by atoms with Crippen LogP contribution in [-0.4, -0.2) is 31.3 Å². The van der Waals surface area contributed by atoms with Gasteiger partial charge in [0.05, 0.1) is 6.54 Å². The number of rotatable bonds is 1. The molecule has 1 fully saturated rings. The molecule has 0 radical (unpaired) electrons. The Morgan fingerprint density at radius 1 is 1.18 bits per heavy atom. The van der Waals surface area contributed by atoms with Gasteiger partial charge in [-0.05, 0) is 12.1 Å². The second-order valence-corrected chi connectivity index (χ2v) is 4.76. The Kier molecular flexibility index (Phi) is 2.42. The Hall–Kier alpha value is -1.71. The first kappa shape index (κ1) is 10.4. The molecule has 90 valence electrons. The van der Waals surface area contributed by atoms with E-state index in [1.807, 2.05) is 6.07 Å². The van der Waals surface area contributed by atoms with Crippen LogP contribution in [0.3, 0.4) is 0 Å². The Labute approximate surface area is 101 Å². The molecule has 4 nitrogen and oxygen atoms in total. The lowest BCUT2D eigenvalue weighted by atomic mass is 9.91. The predicted octanol–water partition coefficient (Wildman–Crippen LogP) is 1.37. The molecule has 0 aromatic heterocycles. The summed E-state index contributed by atoms with van der Waals surface area (Å²) in [6.07, 6.45) is 1.98. The summed E-state index contributed by atoms with van der Waals surface area (Å²) in [6.45, 7) is 2.74. The van der Waals surface area contributed by atoms with Crippen molar-refractivity contribution in [1.82, 2.24) is 0 Å². The van der Waals surface area contributed by atoms with Crippen LogP contribution < -0.4 is 10.6 Å². The highest BCUT2D eigenvalue weighted by atomic mass is 16.5. The number of amidine groups is 1. The molecule has 2 heterocycles. The minimum Gasteiger partial charge on any atom is -0.457 e. The third kappa shape index (κ3) is 1.95. The summed E-state index contributed by atoms with van der Waals surface area (Å²) < 4.78 is 5.68. The van der Waals surface area contributed by atoms with Gasteiger partial charge in [0.2, 0.25) is 0 Å². The van der Waals surface area contributed by atoms with Gasteiger partial charge in [-0.25, -0.2) is 4.99 Å². The molecule has 0 atom stereocenters. The van der Waals surface area contributed by atoms with Crippen LogP contribution in [0.15, 0.2) is 35.3 Å². The summed E-state index contributed by atoms with van der Waals surface area (Å²) in [5, 5.41) is 0. The van der Waals surface area contributed by atoms with E-state index in [9.17, 15) is 0 Å². The lowest BCUT2D eigenvalue weighted by molar-refractivity contribution is 0.0588. The van der Waals surface area contributed by atoms with Gasteiger partial charge in [0.25, 0.3) is 6.02 Å². The molecule has 0 saturated carbocycles. The van der Waals surface area contributed by atoms with E-state index in [-0.39, 0.29) is 5.60 Å². The summed E-state index contributed by atoms with van der Waals surface area (Å²) in [6, 6.07) is 10.9. The molecule has 2 N–H and O–H groups in total. The molecule has 0 aliphatic carbocycles. The van der Waals surface area contributed by atoms with Crippen molar-refractivity contribution >= 4 is 11.7 Å². The van der Waals surface area contributed by atoms with E-state index in [4.69, 9.17) is 10.5 Å². The maximum Gasteiger partial charge on any atom is 0.282 e. The number of nitrogens with two attached hydrogens (primary N) is 1. The molecule has 0 amide bonds. The largest absolute Gasteiger partial charge is 0.457 e. The van der Waals surface area contributed by atoms with Gasteiger partial charge in [-0.1, -0.05) is 18.2 Å². The zero-order chi connectivity index (χ0) is 11.7. The summed E-state index contributed by atoms with van der Waals surface area (Å²) >= 11 is 0. The number of hydrogen-bond acceptors (Lipinski definition) is 4. The van der Waals surface area contributed by atoms with E-state index in [1.54, 1.807) is 0 Å². The molecule has 4 heteroatoms. The summed E-state index contributed by atoms with van der Waals surface area (Å²) in [4.78, 5) is 6.56. The first-order valence-corrected chi connectivity index (χ1v) is 6.06. The minimum atomic E-state index is -0.116. The second-order valence-electron chi connectivity index (χ2n) is 4.76. The van der Waals surface area contributed by atoms with Crippen molar-refractivity contribution in [3.63, 3.8) is 0 Å². The van der Waals surface area contributed by atoms with Crippen molar-refractivity contribution in [2.24, 2.45) is 10.7 Å². The Morgan fingerprint density at radius 3 is 2.47 bits per heavy atom. The fourth-order valence-electron chi connectivity index (χ4n) is 2.58. The normalized spacial score (nSPS) is 22.4. The monoisotopic (exact) mass is 231 g/mol. The zero-order valence-electron chi connectivity index (χ0n) is 9.80. The third-order valence-electron chi connectivity index (χ3n) is 3.64. The van der Waals surface area contributed by atoms with Gasteiger partial charge in [0.15, 0.2) is 0 Å². The number of aliphatic imine (C=N–C) groups is 1. The molecule has 1 spiro atoms. The number of benzene rings is 1. The van der Waals surface area contributed by atoms with E-state index in [0.717, 1.165) is 32.5 Å². The summed E-state index contributed by atoms with van der Waals surface area (Å²) in [7, 11) is 0. The molecular formula is C13H17N3O. The molecule has 0 bridgehead atoms. The predicted molar refractivity (Wildman–Crippen MR) is 68.2 cm³/mol. The molecule has 1 aromatic carbocycles. The van der Waals surface area contributed by atoms with E-state index in [0.29, 0.717) is 6.02 Å². The van der Waals surface area contributed by atoms with Gasteiger partial charge in [-0.3, -0.25) is 0 Å². The minimum absolute atomic E-state index is 0.116. The fourth-order valence-corrected chi connectivity index (χ4v) is 2.58. The van der Waals surface area contributed by atoms with Gasteiger partial charge in [0.1, 0.15) is 5.60 Å². The van der Waals surface area contributed by atoms with Gasteiger partial charge in [-0.15, -0.1) is 0 Å². The first-order valence-electron chi connectivity index (χ1n) is 6.06. The molecule has 3 rings (SSSR count). The van der Waals surface area contributed by atoms with Gasteiger partial charge in [-0.2, -0.15) is 0 Å². The topological polar surface area (TPSA) is 50.8 Å². The van der Waals surface area contributed by atoms with Crippen molar-refractivity contribution in [2.45, 2.75) is 18.4 Å². The van der Waals surface area contributed by atoms with Crippen LogP contribution in [-0.2, 0) is 4.74 Å². The first-order chi connectivity index (χ1) is 8.27. The van der Waals surface area contributed by atoms with E-state index >= 15 is 0 Å². The van der Waals surface area contributed by atoms with Crippen LogP contribution in [0.4, 0.5) is 5.69 Å². The summed E-state index contributed by atoms with van der Waals surface area (Å²) in [5.41, 5.74) is 6.77. The number of nitrogens with zero attached hydrogens (tertiary/aromatic N) is 2. The van der Waals surface area contributed by atoms with Crippen LogP contribution in [0.25, 0.3) is 0 Å². The van der Waals surface area contributed by atoms with E-state index < -0.39 is 0 Å². The average Bonchev–Trinajstić information content (AvgIpc) is 2.73. The molecule has 1 aromatic rings. The van der Waals surface area contributed by atoms with Crippen molar-refractivity contribution in [1.29, 1.82) is 0 Å². The van der Waals surface area contributed by atoms with Gasteiger partial charge < -0.3 is 15.4 Å². The maximum atomic E-state index is 5.68. The standard InChI is InChI=1S/C13H17N3O/c14-12-15-10-13(17-12)6-8-16(9-7-13)11-4-2-1-3-5-11/h1-5H,6-10H2,(H2,14,15). The summed E-state index contributed by atoms with van der Waals surface area (Å²) in [5.74, 6) is 0. The highest BCUT2D eigenvalue weighted by molar-refractivity contribution is 5.73. The van der Waals surface area contributed by atoms with Crippen molar-refractivity contribution in [2.75, 3.05) is 24.5 Å². The van der Waals surface area contributed by atoms with Crippen LogP contribution in [0, 0.1) is 0 Å². The van der Waals surface area contributed by atoms with Crippen molar-refractivity contribution in [3.05, 3.63) is 30.3 Å². The van der Waals surface area contributed by atoms with Crippen LogP contribution in [0.1, 0.15) is 12.8 Å². The Morgan fingerprint density at radius 2 is 1.88 bits per heavy atom. The van der Waals surface area contributed by atoms with Crippen LogP contribution >= 0.6 is 0 Å². The molecule has 2 aliphatic heterocycles. The fraction of sp³-hybridized carbons (Fsp3) is 0.462. The number of ether oxygens (including phenoxy) is 1. The Bertz CT molecular complexity index is 422. The maximum absolute atomic E-state index is 5.68. The van der Waals surface area contributed by atoms with Gasteiger partial charge in [0, 0.05) is 31.6 Å². The SMILES string of the molecule is NC1=NCC2(CCN(c3ccccc3)CC2)O1. The van der Waals surface area contributed by atoms with Gasteiger partial charge >= 0.3 is 0 Å². The smallest absolute Gasteiger partial charge is 0.282 e. The molecule has 17 heavy (non-hydrogen) atoms. The average molecular weight is 231 g/mol. The number of hydrogen-bond donors (Lipinski definition) is 1. The number of para-hydroxylation sites is 1. The van der Waals surface area contributed by atoms with Crippen molar-refractivity contribution < 1.29 is 4.74 Å².